The zero-order valence-electron chi connectivity index (χ0n) is 14.7. The quantitative estimate of drug-likeness (QED) is 0.731. The summed E-state index contributed by atoms with van der Waals surface area (Å²) in [5.74, 6) is 1.55. The molecule has 1 aromatic heterocycles. The van der Waals surface area contributed by atoms with E-state index >= 15 is 0 Å². The molecule has 0 aliphatic heterocycles. The van der Waals surface area contributed by atoms with Crippen LogP contribution in [0.3, 0.4) is 0 Å². The van der Waals surface area contributed by atoms with Crippen molar-refractivity contribution in [2.24, 2.45) is 5.92 Å². The molecule has 128 valence electrons. The van der Waals surface area contributed by atoms with Crippen LogP contribution in [-0.2, 0) is 6.42 Å². The van der Waals surface area contributed by atoms with Crippen LogP contribution in [0.5, 0.6) is 0 Å². The van der Waals surface area contributed by atoms with Crippen molar-refractivity contribution in [1.29, 1.82) is 0 Å². The second kappa shape index (κ2) is 9.01. The summed E-state index contributed by atoms with van der Waals surface area (Å²) in [6, 6.07) is 12.1. The fourth-order valence-electron chi connectivity index (χ4n) is 2.32. The van der Waals surface area contributed by atoms with Crippen molar-refractivity contribution in [3.05, 3.63) is 53.5 Å². The van der Waals surface area contributed by atoms with Crippen LogP contribution >= 0.6 is 0 Å². The van der Waals surface area contributed by atoms with Gasteiger partial charge in [-0.2, -0.15) is 0 Å². The van der Waals surface area contributed by atoms with E-state index in [1.54, 1.807) is 13.0 Å². The average molecular weight is 326 g/mol. The highest BCUT2D eigenvalue weighted by atomic mass is 16.1. The molecule has 24 heavy (non-hydrogen) atoms. The number of nitrogens with zero attached hydrogens (tertiary/aromatic N) is 2. The molecule has 5 nitrogen and oxygen atoms in total. The highest BCUT2D eigenvalue weighted by Crippen LogP contribution is 2.08. The minimum atomic E-state index is -0.151. The average Bonchev–Trinajstić information content (AvgIpc) is 2.57. The van der Waals surface area contributed by atoms with Gasteiger partial charge in [0.1, 0.15) is 17.3 Å². The molecule has 0 fully saturated rings. The van der Waals surface area contributed by atoms with Crippen LogP contribution in [0.2, 0.25) is 0 Å². The SMILES string of the molecule is Cc1nc(NCCCc2ccccc2)cc(C(=O)NCC(C)C)n1. The third kappa shape index (κ3) is 5.99. The predicted octanol–water partition coefficient (Wildman–Crippen LogP) is 3.22. The molecule has 2 rings (SSSR count). The Morgan fingerprint density at radius 1 is 1.17 bits per heavy atom. The summed E-state index contributed by atoms with van der Waals surface area (Å²) in [4.78, 5) is 20.7. The Morgan fingerprint density at radius 2 is 1.92 bits per heavy atom. The van der Waals surface area contributed by atoms with Gasteiger partial charge in [-0.1, -0.05) is 44.2 Å². The lowest BCUT2D eigenvalue weighted by molar-refractivity contribution is 0.0943. The van der Waals surface area contributed by atoms with Crippen molar-refractivity contribution in [3.8, 4) is 0 Å². The van der Waals surface area contributed by atoms with Crippen molar-refractivity contribution < 1.29 is 4.79 Å². The van der Waals surface area contributed by atoms with Gasteiger partial charge in [-0.15, -0.1) is 0 Å². The Morgan fingerprint density at radius 3 is 2.62 bits per heavy atom. The Bertz CT molecular complexity index is 656. The number of anilines is 1. The summed E-state index contributed by atoms with van der Waals surface area (Å²) in [6.07, 6.45) is 2.02. The summed E-state index contributed by atoms with van der Waals surface area (Å²) in [5.41, 5.74) is 1.74. The van der Waals surface area contributed by atoms with E-state index in [0.29, 0.717) is 29.8 Å². The first-order chi connectivity index (χ1) is 11.5. The van der Waals surface area contributed by atoms with Crippen LogP contribution in [0, 0.1) is 12.8 Å². The van der Waals surface area contributed by atoms with Crippen LogP contribution in [0.25, 0.3) is 0 Å². The second-order valence-electron chi connectivity index (χ2n) is 6.31. The highest BCUT2D eigenvalue weighted by Gasteiger charge is 2.10. The minimum Gasteiger partial charge on any atom is -0.370 e. The topological polar surface area (TPSA) is 66.9 Å². The number of rotatable bonds is 8. The molecule has 2 aromatic rings. The molecule has 0 spiro atoms. The number of amides is 1. The number of carbonyl (C=O) groups excluding carboxylic acids is 1. The lowest BCUT2D eigenvalue weighted by atomic mass is 10.1. The van der Waals surface area contributed by atoms with Crippen molar-refractivity contribution in [2.45, 2.75) is 33.6 Å². The number of aryl methyl sites for hydroxylation is 2. The fourth-order valence-corrected chi connectivity index (χ4v) is 2.32. The summed E-state index contributed by atoms with van der Waals surface area (Å²) in [7, 11) is 0. The molecular weight excluding hydrogens is 300 g/mol. The normalized spacial score (nSPS) is 10.7. The molecule has 1 heterocycles. The van der Waals surface area contributed by atoms with E-state index in [1.807, 2.05) is 6.07 Å². The summed E-state index contributed by atoms with van der Waals surface area (Å²) in [5, 5.41) is 6.17. The van der Waals surface area contributed by atoms with E-state index in [4.69, 9.17) is 0 Å². The van der Waals surface area contributed by atoms with Crippen molar-refractivity contribution in [1.82, 2.24) is 15.3 Å². The van der Waals surface area contributed by atoms with Crippen molar-refractivity contribution in [3.63, 3.8) is 0 Å². The lowest BCUT2D eigenvalue weighted by Gasteiger charge is -2.10. The van der Waals surface area contributed by atoms with Gasteiger partial charge in [0, 0.05) is 19.2 Å². The number of carbonyl (C=O) groups is 1. The molecule has 0 aliphatic carbocycles. The number of nitrogens with one attached hydrogen (secondary N) is 2. The lowest BCUT2D eigenvalue weighted by Crippen LogP contribution is -2.28. The van der Waals surface area contributed by atoms with E-state index in [9.17, 15) is 4.79 Å². The molecule has 1 amide bonds. The Labute approximate surface area is 143 Å². The van der Waals surface area contributed by atoms with Gasteiger partial charge in [0.05, 0.1) is 0 Å². The van der Waals surface area contributed by atoms with Crippen LogP contribution in [0.15, 0.2) is 36.4 Å². The smallest absolute Gasteiger partial charge is 0.270 e. The van der Waals surface area contributed by atoms with Gasteiger partial charge in [-0.3, -0.25) is 4.79 Å². The molecule has 0 unspecified atom stereocenters. The van der Waals surface area contributed by atoms with E-state index in [0.717, 1.165) is 19.4 Å². The van der Waals surface area contributed by atoms with Gasteiger partial charge < -0.3 is 10.6 Å². The third-order valence-electron chi connectivity index (χ3n) is 3.53. The van der Waals surface area contributed by atoms with Crippen LogP contribution in [0.4, 0.5) is 5.82 Å². The van der Waals surface area contributed by atoms with E-state index in [2.05, 4.69) is 58.7 Å². The van der Waals surface area contributed by atoms with E-state index in [1.165, 1.54) is 5.56 Å². The zero-order valence-corrected chi connectivity index (χ0v) is 14.7. The van der Waals surface area contributed by atoms with Crippen molar-refractivity contribution in [2.75, 3.05) is 18.4 Å². The third-order valence-corrected chi connectivity index (χ3v) is 3.53. The maximum Gasteiger partial charge on any atom is 0.270 e. The van der Waals surface area contributed by atoms with E-state index < -0.39 is 0 Å². The Balaban J connectivity index is 1.87. The van der Waals surface area contributed by atoms with Crippen LogP contribution in [-0.4, -0.2) is 29.0 Å². The van der Waals surface area contributed by atoms with Gasteiger partial charge in [0.2, 0.25) is 0 Å². The standard InChI is InChI=1S/C19H26N4O/c1-14(2)13-21-19(24)17-12-18(23-15(3)22-17)20-11-7-10-16-8-5-4-6-9-16/h4-6,8-9,12,14H,7,10-11,13H2,1-3H3,(H,21,24)(H,20,22,23). The summed E-state index contributed by atoms with van der Waals surface area (Å²) < 4.78 is 0. The molecular formula is C19H26N4O. The number of hydrogen-bond acceptors (Lipinski definition) is 4. The zero-order chi connectivity index (χ0) is 17.4. The maximum atomic E-state index is 12.1. The maximum absolute atomic E-state index is 12.1. The fraction of sp³-hybridized carbons (Fsp3) is 0.421. The number of hydrogen-bond donors (Lipinski definition) is 2. The van der Waals surface area contributed by atoms with Crippen LogP contribution in [0.1, 0.15) is 42.1 Å². The Hall–Kier alpha value is -2.43. The first-order valence-electron chi connectivity index (χ1n) is 8.46. The predicted molar refractivity (Wildman–Crippen MR) is 97.2 cm³/mol. The Kier molecular flexibility index (Phi) is 6.73. The number of benzene rings is 1. The highest BCUT2D eigenvalue weighted by molar-refractivity contribution is 5.92. The molecule has 0 saturated carbocycles. The summed E-state index contributed by atoms with van der Waals surface area (Å²) >= 11 is 0. The molecule has 0 radical (unpaired) electrons. The number of aromatic nitrogens is 2. The molecule has 0 saturated heterocycles. The first kappa shape index (κ1) is 17.9. The molecule has 0 aliphatic rings. The second-order valence-corrected chi connectivity index (χ2v) is 6.31. The molecule has 5 heteroatoms. The van der Waals surface area contributed by atoms with Gasteiger partial charge >= 0.3 is 0 Å². The summed E-state index contributed by atoms with van der Waals surface area (Å²) in [6.45, 7) is 7.37. The largest absolute Gasteiger partial charge is 0.370 e. The van der Waals surface area contributed by atoms with Crippen molar-refractivity contribution >= 4 is 11.7 Å². The monoisotopic (exact) mass is 326 g/mol. The van der Waals surface area contributed by atoms with Gasteiger partial charge in [-0.25, -0.2) is 9.97 Å². The molecule has 0 atom stereocenters. The first-order valence-corrected chi connectivity index (χ1v) is 8.46. The minimum absolute atomic E-state index is 0.151. The van der Waals surface area contributed by atoms with E-state index in [-0.39, 0.29) is 5.91 Å². The van der Waals surface area contributed by atoms with Gasteiger partial charge in [0.15, 0.2) is 0 Å². The molecule has 1 aromatic carbocycles. The van der Waals surface area contributed by atoms with Gasteiger partial charge in [-0.05, 0) is 31.2 Å². The van der Waals surface area contributed by atoms with Gasteiger partial charge in [0.25, 0.3) is 5.91 Å². The van der Waals surface area contributed by atoms with Crippen LogP contribution < -0.4 is 10.6 Å². The molecule has 0 bridgehead atoms. The molecule has 2 N–H and O–H groups in total.